The highest BCUT2D eigenvalue weighted by Crippen LogP contribution is 2.35. The van der Waals surface area contributed by atoms with E-state index in [0.717, 1.165) is 11.7 Å². The molecule has 0 bridgehead atoms. The SMILES string of the molecule is CC(CN)c1noc(C2CCC2)n1. The summed E-state index contributed by atoms with van der Waals surface area (Å²) in [7, 11) is 0. The van der Waals surface area contributed by atoms with Gasteiger partial charge in [0.05, 0.1) is 0 Å². The largest absolute Gasteiger partial charge is 0.339 e. The molecule has 0 radical (unpaired) electrons. The maximum atomic E-state index is 5.51. The van der Waals surface area contributed by atoms with Gasteiger partial charge in [-0.25, -0.2) is 0 Å². The first-order chi connectivity index (χ1) is 6.31. The van der Waals surface area contributed by atoms with Crippen molar-refractivity contribution in [3.05, 3.63) is 11.7 Å². The Balaban J connectivity index is 2.08. The summed E-state index contributed by atoms with van der Waals surface area (Å²) < 4.78 is 5.17. The molecule has 72 valence electrons. The Labute approximate surface area is 77.5 Å². The third kappa shape index (κ3) is 1.58. The summed E-state index contributed by atoms with van der Waals surface area (Å²) in [5, 5.41) is 3.92. The highest BCUT2D eigenvalue weighted by atomic mass is 16.5. The van der Waals surface area contributed by atoms with Crippen molar-refractivity contribution >= 4 is 0 Å². The average molecular weight is 181 g/mol. The second-order valence-electron chi connectivity index (χ2n) is 3.76. The summed E-state index contributed by atoms with van der Waals surface area (Å²) in [5.41, 5.74) is 5.51. The second kappa shape index (κ2) is 3.46. The molecule has 1 atom stereocenters. The number of nitrogens with zero attached hydrogens (tertiary/aromatic N) is 2. The molecule has 2 rings (SSSR count). The van der Waals surface area contributed by atoms with Crippen molar-refractivity contribution < 1.29 is 4.52 Å². The van der Waals surface area contributed by atoms with Gasteiger partial charge in [-0.3, -0.25) is 0 Å². The third-order valence-corrected chi connectivity index (χ3v) is 2.71. The lowest BCUT2D eigenvalue weighted by atomic mass is 9.85. The summed E-state index contributed by atoms with van der Waals surface area (Å²) in [6, 6.07) is 0. The van der Waals surface area contributed by atoms with Crippen LogP contribution in [0.1, 0.15) is 49.7 Å². The van der Waals surface area contributed by atoms with Gasteiger partial charge in [0.15, 0.2) is 5.82 Å². The van der Waals surface area contributed by atoms with Gasteiger partial charge in [-0.1, -0.05) is 18.5 Å². The van der Waals surface area contributed by atoms with E-state index in [-0.39, 0.29) is 5.92 Å². The van der Waals surface area contributed by atoms with Crippen LogP contribution in [-0.2, 0) is 0 Å². The maximum absolute atomic E-state index is 5.51. The fourth-order valence-electron chi connectivity index (χ4n) is 1.37. The van der Waals surface area contributed by atoms with Crippen molar-refractivity contribution in [2.75, 3.05) is 6.54 Å². The van der Waals surface area contributed by atoms with E-state index in [2.05, 4.69) is 10.1 Å². The molecule has 1 aromatic rings. The van der Waals surface area contributed by atoms with E-state index in [1.807, 2.05) is 6.92 Å². The van der Waals surface area contributed by atoms with E-state index in [4.69, 9.17) is 10.3 Å². The molecular formula is C9H15N3O. The lowest BCUT2D eigenvalue weighted by Gasteiger charge is -2.20. The number of rotatable bonds is 3. The standard InChI is InChI=1S/C9H15N3O/c1-6(5-10)8-11-9(13-12-8)7-3-2-4-7/h6-7H,2-5,10H2,1H3. The van der Waals surface area contributed by atoms with Gasteiger partial charge in [0.2, 0.25) is 5.89 Å². The molecule has 0 aromatic carbocycles. The molecular weight excluding hydrogens is 166 g/mol. The fourth-order valence-corrected chi connectivity index (χ4v) is 1.37. The molecule has 1 unspecified atom stereocenters. The summed E-state index contributed by atoms with van der Waals surface area (Å²) in [6.45, 7) is 2.58. The monoisotopic (exact) mass is 181 g/mol. The number of aromatic nitrogens is 2. The molecule has 1 aromatic heterocycles. The number of hydrogen-bond acceptors (Lipinski definition) is 4. The van der Waals surface area contributed by atoms with Gasteiger partial charge < -0.3 is 10.3 Å². The van der Waals surface area contributed by atoms with Crippen molar-refractivity contribution in [1.29, 1.82) is 0 Å². The Morgan fingerprint density at radius 3 is 2.92 bits per heavy atom. The Bertz CT molecular complexity index is 261. The molecule has 2 N–H and O–H groups in total. The van der Waals surface area contributed by atoms with E-state index >= 15 is 0 Å². The van der Waals surface area contributed by atoms with Gasteiger partial charge in [0, 0.05) is 18.4 Å². The van der Waals surface area contributed by atoms with Gasteiger partial charge in [-0.2, -0.15) is 4.98 Å². The molecule has 1 heterocycles. The highest BCUT2D eigenvalue weighted by molar-refractivity contribution is 5.01. The zero-order valence-electron chi connectivity index (χ0n) is 7.86. The fraction of sp³-hybridized carbons (Fsp3) is 0.778. The molecule has 0 saturated heterocycles. The third-order valence-electron chi connectivity index (χ3n) is 2.71. The lowest BCUT2D eigenvalue weighted by Crippen LogP contribution is -2.12. The number of hydrogen-bond donors (Lipinski definition) is 1. The van der Waals surface area contributed by atoms with Gasteiger partial charge in [-0.15, -0.1) is 0 Å². The van der Waals surface area contributed by atoms with E-state index in [1.165, 1.54) is 19.3 Å². The molecule has 1 aliphatic carbocycles. The van der Waals surface area contributed by atoms with Crippen molar-refractivity contribution in [1.82, 2.24) is 10.1 Å². The lowest BCUT2D eigenvalue weighted by molar-refractivity contribution is 0.290. The van der Waals surface area contributed by atoms with E-state index in [1.54, 1.807) is 0 Å². The van der Waals surface area contributed by atoms with Crippen molar-refractivity contribution in [2.45, 2.75) is 38.0 Å². The normalized spacial score (nSPS) is 19.8. The van der Waals surface area contributed by atoms with Crippen molar-refractivity contribution in [3.63, 3.8) is 0 Å². The van der Waals surface area contributed by atoms with Gasteiger partial charge in [-0.05, 0) is 12.8 Å². The Morgan fingerprint density at radius 2 is 2.38 bits per heavy atom. The Morgan fingerprint density at radius 1 is 1.62 bits per heavy atom. The van der Waals surface area contributed by atoms with Crippen LogP contribution in [0.15, 0.2) is 4.52 Å². The molecule has 0 amide bonds. The molecule has 13 heavy (non-hydrogen) atoms. The van der Waals surface area contributed by atoms with Crippen LogP contribution in [0.5, 0.6) is 0 Å². The van der Waals surface area contributed by atoms with E-state index in [0.29, 0.717) is 12.5 Å². The van der Waals surface area contributed by atoms with Crippen molar-refractivity contribution in [2.24, 2.45) is 5.73 Å². The van der Waals surface area contributed by atoms with Crippen LogP contribution in [0.25, 0.3) is 0 Å². The van der Waals surface area contributed by atoms with E-state index in [9.17, 15) is 0 Å². The van der Waals surface area contributed by atoms with Crippen LogP contribution in [0.3, 0.4) is 0 Å². The predicted molar refractivity (Wildman–Crippen MR) is 48.4 cm³/mol. The van der Waals surface area contributed by atoms with Crippen LogP contribution >= 0.6 is 0 Å². The quantitative estimate of drug-likeness (QED) is 0.765. The van der Waals surface area contributed by atoms with Crippen LogP contribution in [0.4, 0.5) is 0 Å². The summed E-state index contributed by atoms with van der Waals surface area (Å²) >= 11 is 0. The second-order valence-corrected chi connectivity index (χ2v) is 3.76. The van der Waals surface area contributed by atoms with Gasteiger partial charge >= 0.3 is 0 Å². The Kier molecular flexibility index (Phi) is 2.31. The van der Waals surface area contributed by atoms with Gasteiger partial charge in [0.1, 0.15) is 0 Å². The van der Waals surface area contributed by atoms with Crippen LogP contribution < -0.4 is 5.73 Å². The minimum Gasteiger partial charge on any atom is -0.339 e. The van der Waals surface area contributed by atoms with Crippen LogP contribution in [0.2, 0.25) is 0 Å². The van der Waals surface area contributed by atoms with Crippen LogP contribution in [-0.4, -0.2) is 16.7 Å². The average Bonchev–Trinajstić information content (AvgIpc) is 2.49. The molecule has 4 heteroatoms. The first kappa shape index (κ1) is 8.69. The highest BCUT2D eigenvalue weighted by Gasteiger charge is 2.26. The summed E-state index contributed by atoms with van der Waals surface area (Å²) in [6.07, 6.45) is 3.67. The zero-order valence-corrected chi connectivity index (χ0v) is 7.86. The molecule has 0 spiro atoms. The molecule has 0 aliphatic heterocycles. The summed E-state index contributed by atoms with van der Waals surface area (Å²) in [4.78, 5) is 4.35. The number of nitrogens with two attached hydrogens (primary N) is 1. The molecule has 4 nitrogen and oxygen atoms in total. The van der Waals surface area contributed by atoms with E-state index < -0.39 is 0 Å². The molecule has 1 fully saturated rings. The zero-order chi connectivity index (χ0) is 9.26. The minimum atomic E-state index is 0.206. The van der Waals surface area contributed by atoms with Crippen LogP contribution in [0, 0.1) is 0 Å². The smallest absolute Gasteiger partial charge is 0.229 e. The van der Waals surface area contributed by atoms with Gasteiger partial charge in [0.25, 0.3) is 0 Å². The Hall–Kier alpha value is -0.900. The molecule has 1 aliphatic rings. The first-order valence-corrected chi connectivity index (χ1v) is 4.85. The topological polar surface area (TPSA) is 64.9 Å². The predicted octanol–water partition coefficient (Wildman–Crippen LogP) is 1.40. The minimum absolute atomic E-state index is 0.206. The maximum Gasteiger partial charge on any atom is 0.229 e. The summed E-state index contributed by atoms with van der Waals surface area (Å²) in [5.74, 6) is 2.29. The molecule has 1 saturated carbocycles. The van der Waals surface area contributed by atoms with Crippen molar-refractivity contribution in [3.8, 4) is 0 Å². The first-order valence-electron chi connectivity index (χ1n) is 4.85.